The zero-order chi connectivity index (χ0) is 25.8. The summed E-state index contributed by atoms with van der Waals surface area (Å²) in [6.45, 7) is 2.46. The molecule has 35 heavy (non-hydrogen) atoms. The first-order chi connectivity index (χ1) is 16.9. The molecule has 0 fully saturated rings. The fourth-order valence-corrected chi connectivity index (χ4v) is 4.64. The van der Waals surface area contributed by atoms with Crippen LogP contribution in [0.3, 0.4) is 0 Å². The van der Waals surface area contributed by atoms with E-state index in [4.69, 9.17) is 9.47 Å². The number of benzene rings is 1. The van der Waals surface area contributed by atoms with E-state index in [2.05, 4.69) is 16.4 Å². The van der Waals surface area contributed by atoms with Crippen LogP contribution < -0.4 is 10.1 Å². The third-order valence-corrected chi connectivity index (χ3v) is 7.45. The number of carbonyl (C=O) groups excluding carboxylic acids is 1. The van der Waals surface area contributed by atoms with Crippen LogP contribution in [0.5, 0.6) is 5.75 Å². The number of nitrogens with one attached hydrogen (secondary N) is 1. The molecular weight excluding hydrogens is 466 g/mol. The van der Waals surface area contributed by atoms with Crippen LogP contribution in [-0.4, -0.2) is 41.0 Å². The van der Waals surface area contributed by atoms with Crippen molar-refractivity contribution in [2.75, 3.05) is 26.5 Å². The van der Waals surface area contributed by atoms with Gasteiger partial charge in [0.15, 0.2) is 0 Å². The smallest absolute Gasteiger partial charge is 0.407 e. The Morgan fingerprint density at radius 2 is 1.37 bits per heavy atom. The molecule has 0 radical (unpaired) electrons. The second-order valence-electron chi connectivity index (χ2n) is 9.05. The number of amides is 1. The van der Waals surface area contributed by atoms with E-state index in [1.807, 2.05) is 24.3 Å². The van der Waals surface area contributed by atoms with Crippen LogP contribution in [0.2, 0.25) is 0 Å². The van der Waals surface area contributed by atoms with Crippen molar-refractivity contribution >= 4 is 16.2 Å². The third-order valence-electron chi connectivity index (χ3n) is 6.15. The van der Waals surface area contributed by atoms with Gasteiger partial charge in [-0.1, -0.05) is 89.7 Å². The van der Waals surface area contributed by atoms with E-state index >= 15 is 0 Å². The van der Waals surface area contributed by atoms with Crippen LogP contribution in [0.15, 0.2) is 24.3 Å². The van der Waals surface area contributed by atoms with Gasteiger partial charge in [0.2, 0.25) is 0 Å². The van der Waals surface area contributed by atoms with E-state index in [0.717, 1.165) is 37.7 Å². The monoisotopic (exact) mass is 513 g/mol. The first kappa shape index (κ1) is 31.2. The molecule has 0 aromatic heterocycles. The second-order valence-corrected chi connectivity index (χ2v) is 10.9. The first-order valence-electron chi connectivity index (χ1n) is 13.3. The Morgan fingerprint density at radius 1 is 0.829 bits per heavy atom. The fourth-order valence-electron chi connectivity index (χ4n) is 3.98. The van der Waals surface area contributed by atoms with Crippen LogP contribution in [0.4, 0.5) is 4.79 Å². The number of hydrogen-bond donors (Lipinski definition) is 1. The maximum atomic E-state index is 12.3. The Morgan fingerprint density at radius 3 is 1.89 bits per heavy atom. The van der Waals surface area contributed by atoms with E-state index in [0.29, 0.717) is 0 Å². The van der Waals surface area contributed by atoms with Crippen molar-refractivity contribution in [3.63, 3.8) is 0 Å². The van der Waals surface area contributed by atoms with Gasteiger partial charge in [-0.15, -0.1) is 0 Å². The summed E-state index contributed by atoms with van der Waals surface area (Å²) in [5.74, 6) is 0.603. The summed E-state index contributed by atoms with van der Waals surface area (Å²) in [5.41, 5.74) is 0.922. The summed E-state index contributed by atoms with van der Waals surface area (Å²) in [6.07, 6.45) is 15.4. The number of hydrogen-bond acceptors (Lipinski definition) is 6. The highest BCUT2D eigenvalue weighted by molar-refractivity contribution is 7.86. The lowest BCUT2D eigenvalue weighted by atomic mass is 10.0. The quantitative estimate of drug-likeness (QED) is 0.142. The molecule has 0 bridgehead atoms. The van der Waals surface area contributed by atoms with E-state index in [1.54, 1.807) is 7.11 Å². The molecule has 1 atom stereocenters. The summed E-state index contributed by atoms with van der Waals surface area (Å²) in [4.78, 5) is 12.3. The van der Waals surface area contributed by atoms with Gasteiger partial charge in [-0.2, -0.15) is 8.42 Å². The molecule has 0 aliphatic carbocycles. The molecule has 1 aromatic carbocycles. The zero-order valence-corrected chi connectivity index (χ0v) is 22.9. The topological polar surface area (TPSA) is 90.9 Å². The van der Waals surface area contributed by atoms with Crippen molar-refractivity contribution < 1.29 is 26.9 Å². The maximum absolute atomic E-state index is 12.3. The van der Waals surface area contributed by atoms with Gasteiger partial charge in [-0.3, -0.25) is 4.18 Å². The van der Waals surface area contributed by atoms with Gasteiger partial charge in [0.25, 0.3) is 10.1 Å². The summed E-state index contributed by atoms with van der Waals surface area (Å²) in [6, 6.07) is 7.56. The summed E-state index contributed by atoms with van der Waals surface area (Å²) in [5, 5.41) is 2.64. The number of carbonyl (C=O) groups is 1. The molecule has 0 heterocycles. The SMILES string of the molecule is CCCCCCCCCCCCCCC(OC(=O)NCCCS(=O)(=O)OC)c1ccc(OC)cc1. The molecule has 1 unspecified atom stereocenters. The lowest BCUT2D eigenvalue weighted by molar-refractivity contribution is 0.0908. The zero-order valence-electron chi connectivity index (χ0n) is 22.1. The molecule has 0 saturated heterocycles. The molecule has 1 amide bonds. The van der Waals surface area contributed by atoms with Gasteiger partial charge in [0.1, 0.15) is 11.9 Å². The van der Waals surface area contributed by atoms with Crippen molar-refractivity contribution in [1.29, 1.82) is 0 Å². The highest BCUT2D eigenvalue weighted by Gasteiger charge is 2.17. The lowest BCUT2D eigenvalue weighted by Gasteiger charge is -2.19. The molecule has 1 rings (SSSR count). The van der Waals surface area contributed by atoms with Crippen molar-refractivity contribution in [3.8, 4) is 5.75 Å². The predicted octanol–water partition coefficient (Wildman–Crippen LogP) is 6.92. The van der Waals surface area contributed by atoms with Gasteiger partial charge in [0, 0.05) is 6.54 Å². The normalized spacial score (nSPS) is 12.3. The minimum atomic E-state index is -3.52. The summed E-state index contributed by atoms with van der Waals surface area (Å²) in [7, 11) is -0.776. The molecule has 0 saturated carbocycles. The van der Waals surface area contributed by atoms with Crippen molar-refractivity contribution in [2.45, 2.75) is 103 Å². The number of rotatable bonds is 21. The number of methoxy groups -OCH3 is 1. The Balaban J connectivity index is 2.36. The van der Waals surface area contributed by atoms with E-state index in [9.17, 15) is 13.2 Å². The minimum Gasteiger partial charge on any atom is -0.497 e. The molecule has 8 heteroatoms. The number of unbranched alkanes of at least 4 members (excludes halogenated alkanes) is 11. The van der Waals surface area contributed by atoms with Crippen molar-refractivity contribution in [2.24, 2.45) is 0 Å². The molecule has 0 spiro atoms. The van der Waals surface area contributed by atoms with E-state index in [1.165, 1.54) is 64.2 Å². The average molecular weight is 514 g/mol. The molecule has 0 aliphatic rings. The van der Waals surface area contributed by atoms with Gasteiger partial charge in [-0.25, -0.2) is 4.79 Å². The van der Waals surface area contributed by atoms with Gasteiger partial charge >= 0.3 is 6.09 Å². The highest BCUT2D eigenvalue weighted by Crippen LogP contribution is 2.26. The number of alkyl carbamates (subject to hydrolysis) is 1. The summed E-state index contributed by atoms with van der Waals surface area (Å²) < 4.78 is 38.1. The van der Waals surface area contributed by atoms with E-state index < -0.39 is 16.2 Å². The fraction of sp³-hybridized carbons (Fsp3) is 0.741. The maximum Gasteiger partial charge on any atom is 0.407 e. The Labute approximate surface area is 213 Å². The molecule has 0 aliphatic heterocycles. The van der Waals surface area contributed by atoms with Gasteiger partial charge in [0.05, 0.1) is 20.0 Å². The Hall–Kier alpha value is -1.80. The van der Waals surface area contributed by atoms with Gasteiger partial charge in [-0.05, 0) is 37.0 Å². The summed E-state index contributed by atoms with van der Waals surface area (Å²) >= 11 is 0. The van der Waals surface area contributed by atoms with Crippen LogP contribution >= 0.6 is 0 Å². The van der Waals surface area contributed by atoms with Gasteiger partial charge < -0.3 is 14.8 Å². The largest absolute Gasteiger partial charge is 0.497 e. The molecular formula is C27H47NO6S. The van der Waals surface area contributed by atoms with Crippen molar-refractivity contribution in [1.82, 2.24) is 5.32 Å². The molecule has 1 N–H and O–H groups in total. The predicted molar refractivity (Wildman–Crippen MR) is 141 cm³/mol. The van der Waals surface area contributed by atoms with Crippen LogP contribution in [0, 0.1) is 0 Å². The minimum absolute atomic E-state index is 0.148. The number of ether oxygens (including phenoxy) is 2. The average Bonchev–Trinajstić information content (AvgIpc) is 2.86. The third kappa shape index (κ3) is 15.7. The van der Waals surface area contributed by atoms with Crippen LogP contribution in [0.25, 0.3) is 0 Å². The molecule has 7 nitrogen and oxygen atoms in total. The lowest BCUT2D eigenvalue weighted by Crippen LogP contribution is -2.28. The standard InChI is InChI=1S/C27H47NO6S/c1-4-5-6-7-8-9-10-11-12-13-14-15-17-26(24-18-20-25(32-2)21-19-24)34-27(29)28-22-16-23-35(30,31)33-3/h18-21,26H,4-17,22-23H2,1-3H3,(H,28,29). The Bertz CT molecular complexity index is 766. The highest BCUT2D eigenvalue weighted by atomic mass is 32.2. The van der Waals surface area contributed by atoms with Crippen molar-refractivity contribution in [3.05, 3.63) is 29.8 Å². The Kier molecular flexibility index (Phi) is 17.3. The first-order valence-corrected chi connectivity index (χ1v) is 14.9. The second kappa shape index (κ2) is 19.4. The molecule has 202 valence electrons. The van der Waals surface area contributed by atoms with Crippen LogP contribution in [-0.2, 0) is 19.0 Å². The van der Waals surface area contributed by atoms with Crippen LogP contribution in [0.1, 0.15) is 108 Å². The van der Waals surface area contributed by atoms with E-state index in [-0.39, 0.29) is 24.8 Å². The molecule has 1 aromatic rings.